The molecule has 136 valence electrons. The third-order valence-electron chi connectivity index (χ3n) is 3.60. The van der Waals surface area contributed by atoms with Crippen LogP contribution >= 0.6 is 27.5 Å². The zero-order valence-corrected chi connectivity index (χ0v) is 16.4. The Hall–Kier alpha value is -2.25. The Labute approximate surface area is 164 Å². The second kappa shape index (κ2) is 8.42. The van der Waals surface area contributed by atoms with Gasteiger partial charge in [0, 0.05) is 17.2 Å². The van der Waals surface area contributed by atoms with Crippen molar-refractivity contribution in [2.75, 3.05) is 0 Å². The Kier molecular flexibility index (Phi) is 6.00. The molecule has 0 aliphatic rings. The van der Waals surface area contributed by atoms with Gasteiger partial charge in [0.05, 0.1) is 17.3 Å². The Morgan fingerprint density at radius 3 is 2.92 bits per heavy atom. The highest BCUT2D eigenvalue weighted by Crippen LogP contribution is 2.28. The molecule has 0 saturated carbocycles. The first kappa shape index (κ1) is 18.5. The summed E-state index contributed by atoms with van der Waals surface area (Å²) in [6.07, 6.45) is 1.87. The number of nitrogens with one attached hydrogen (secondary N) is 1. The molecular formula is C18H17BrClN3O3. The van der Waals surface area contributed by atoms with Gasteiger partial charge in [-0.1, -0.05) is 27.5 Å². The van der Waals surface area contributed by atoms with Crippen molar-refractivity contribution in [3.63, 3.8) is 0 Å². The second-order valence-corrected chi connectivity index (χ2v) is 6.80. The van der Waals surface area contributed by atoms with Gasteiger partial charge in [0.25, 0.3) is 5.91 Å². The number of halogens is 2. The SMILES string of the molecule is CCn1ccc(CNC(=O)c2ccc(COc3ccc(Br)cc3Cl)o2)n1. The predicted octanol–water partition coefficient (Wildman–Crippen LogP) is 4.42. The van der Waals surface area contributed by atoms with Gasteiger partial charge in [-0.15, -0.1) is 0 Å². The van der Waals surface area contributed by atoms with Crippen LogP contribution in [0.15, 0.2) is 51.5 Å². The van der Waals surface area contributed by atoms with E-state index in [0.29, 0.717) is 23.1 Å². The fourth-order valence-corrected chi connectivity index (χ4v) is 2.98. The van der Waals surface area contributed by atoms with Crippen LogP contribution in [0.25, 0.3) is 0 Å². The summed E-state index contributed by atoms with van der Waals surface area (Å²) in [7, 11) is 0. The zero-order chi connectivity index (χ0) is 18.5. The van der Waals surface area contributed by atoms with E-state index < -0.39 is 0 Å². The van der Waals surface area contributed by atoms with Crippen LogP contribution in [0.1, 0.15) is 28.9 Å². The van der Waals surface area contributed by atoms with E-state index in [-0.39, 0.29) is 18.3 Å². The number of carbonyl (C=O) groups excluding carboxylic acids is 1. The summed E-state index contributed by atoms with van der Waals surface area (Å²) in [5.74, 6) is 0.998. The molecule has 0 bridgehead atoms. The molecule has 3 aromatic rings. The molecular weight excluding hydrogens is 422 g/mol. The maximum atomic E-state index is 12.2. The predicted molar refractivity (Wildman–Crippen MR) is 101 cm³/mol. The third kappa shape index (κ3) is 4.68. The van der Waals surface area contributed by atoms with Crippen LogP contribution < -0.4 is 10.1 Å². The van der Waals surface area contributed by atoms with Gasteiger partial charge in [0.1, 0.15) is 18.1 Å². The van der Waals surface area contributed by atoms with Gasteiger partial charge in [-0.25, -0.2) is 0 Å². The number of aryl methyl sites for hydroxylation is 1. The molecule has 0 aliphatic carbocycles. The van der Waals surface area contributed by atoms with E-state index in [9.17, 15) is 4.79 Å². The monoisotopic (exact) mass is 437 g/mol. The van der Waals surface area contributed by atoms with Crippen LogP contribution in [-0.4, -0.2) is 15.7 Å². The average Bonchev–Trinajstić information content (AvgIpc) is 3.28. The molecule has 0 fully saturated rings. The highest BCUT2D eigenvalue weighted by Gasteiger charge is 2.12. The van der Waals surface area contributed by atoms with E-state index in [1.807, 2.05) is 25.3 Å². The first-order chi connectivity index (χ1) is 12.5. The summed E-state index contributed by atoms with van der Waals surface area (Å²) < 4.78 is 13.8. The standard InChI is InChI=1S/C18H17BrClN3O3/c1-2-23-8-7-13(22-23)10-21-18(24)17-6-4-14(26-17)11-25-16-5-3-12(19)9-15(16)20/h3-9H,2,10-11H2,1H3,(H,21,24). The van der Waals surface area contributed by atoms with Crippen LogP contribution in [-0.2, 0) is 19.7 Å². The van der Waals surface area contributed by atoms with Crippen molar-refractivity contribution in [3.8, 4) is 5.75 Å². The number of amides is 1. The summed E-state index contributed by atoms with van der Waals surface area (Å²) in [6.45, 7) is 3.31. The van der Waals surface area contributed by atoms with Gasteiger partial charge in [0.15, 0.2) is 5.76 Å². The number of benzene rings is 1. The highest BCUT2D eigenvalue weighted by molar-refractivity contribution is 9.10. The molecule has 0 atom stereocenters. The summed E-state index contributed by atoms with van der Waals surface area (Å²) >= 11 is 9.45. The summed E-state index contributed by atoms with van der Waals surface area (Å²) in [4.78, 5) is 12.2. The number of furan rings is 1. The fraction of sp³-hybridized carbons (Fsp3) is 0.222. The third-order valence-corrected chi connectivity index (χ3v) is 4.39. The highest BCUT2D eigenvalue weighted by atomic mass is 79.9. The van der Waals surface area contributed by atoms with Crippen molar-refractivity contribution >= 4 is 33.4 Å². The van der Waals surface area contributed by atoms with Crippen molar-refractivity contribution in [1.82, 2.24) is 15.1 Å². The zero-order valence-electron chi connectivity index (χ0n) is 14.0. The lowest BCUT2D eigenvalue weighted by Crippen LogP contribution is -2.22. The molecule has 1 N–H and O–H groups in total. The molecule has 0 radical (unpaired) electrons. The van der Waals surface area contributed by atoms with Gasteiger partial charge in [-0.2, -0.15) is 5.10 Å². The maximum absolute atomic E-state index is 12.2. The van der Waals surface area contributed by atoms with Crippen molar-refractivity contribution in [3.05, 3.63) is 69.3 Å². The summed E-state index contributed by atoms with van der Waals surface area (Å²) in [5, 5.41) is 7.59. The molecule has 8 heteroatoms. The molecule has 1 amide bonds. The Morgan fingerprint density at radius 2 is 2.19 bits per heavy atom. The lowest BCUT2D eigenvalue weighted by Gasteiger charge is -2.06. The van der Waals surface area contributed by atoms with E-state index >= 15 is 0 Å². The molecule has 2 aromatic heterocycles. The minimum absolute atomic E-state index is 0.176. The van der Waals surface area contributed by atoms with Crippen LogP contribution in [0.4, 0.5) is 0 Å². The van der Waals surface area contributed by atoms with Gasteiger partial charge in [-0.05, 0) is 43.3 Å². The minimum Gasteiger partial charge on any atom is -0.484 e. The topological polar surface area (TPSA) is 69.3 Å². The number of hydrogen-bond acceptors (Lipinski definition) is 4. The van der Waals surface area contributed by atoms with Crippen molar-refractivity contribution in [2.45, 2.75) is 26.6 Å². The van der Waals surface area contributed by atoms with Crippen molar-refractivity contribution in [1.29, 1.82) is 0 Å². The molecule has 2 heterocycles. The number of hydrogen-bond donors (Lipinski definition) is 1. The molecule has 0 aliphatic heterocycles. The fourth-order valence-electron chi connectivity index (χ4n) is 2.25. The van der Waals surface area contributed by atoms with E-state index in [4.69, 9.17) is 20.8 Å². The number of carbonyl (C=O) groups is 1. The Bertz CT molecular complexity index is 907. The van der Waals surface area contributed by atoms with E-state index in [1.165, 1.54) is 0 Å². The first-order valence-corrected chi connectivity index (χ1v) is 9.19. The number of rotatable bonds is 7. The molecule has 6 nitrogen and oxygen atoms in total. The first-order valence-electron chi connectivity index (χ1n) is 8.02. The van der Waals surface area contributed by atoms with Gasteiger partial charge < -0.3 is 14.5 Å². The maximum Gasteiger partial charge on any atom is 0.287 e. The van der Waals surface area contributed by atoms with Gasteiger partial charge >= 0.3 is 0 Å². The molecule has 26 heavy (non-hydrogen) atoms. The lowest BCUT2D eigenvalue weighted by atomic mass is 10.3. The Morgan fingerprint density at radius 1 is 1.35 bits per heavy atom. The lowest BCUT2D eigenvalue weighted by molar-refractivity contribution is 0.0918. The van der Waals surface area contributed by atoms with Crippen LogP contribution in [0.2, 0.25) is 5.02 Å². The largest absolute Gasteiger partial charge is 0.484 e. The minimum atomic E-state index is -0.302. The number of nitrogens with zero attached hydrogens (tertiary/aromatic N) is 2. The van der Waals surface area contributed by atoms with Crippen LogP contribution in [0.3, 0.4) is 0 Å². The smallest absolute Gasteiger partial charge is 0.287 e. The van der Waals surface area contributed by atoms with Crippen LogP contribution in [0.5, 0.6) is 5.75 Å². The number of ether oxygens (including phenoxy) is 1. The second-order valence-electron chi connectivity index (χ2n) is 5.47. The van der Waals surface area contributed by atoms with Crippen molar-refractivity contribution < 1.29 is 13.9 Å². The molecule has 0 unspecified atom stereocenters. The van der Waals surface area contributed by atoms with E-state index in [1.54, 1.807) is 28.9 Å². The molecule has 0 spiro atoms. The molecule has 1 aromatic carbocycles. The average molecular weight is 439 g/mol. The molecule has 0 saturated heterocycles. The normalized spacial score (nSPS) is 10.7. The Balaban J connectivity index is 1.54. The molecule has 3 rings (SSSR count). The van der Waals surface area contributed by atoms with E-state index in [0.717, 1.165) is 16.7 Å². The summed E-state index contributed by atoms with van der Waals surface area (Å²) in [6, 6.07) is 10.5. The van der Waals surface area contributed by atoms with Gasteiger partial charge in [0.2, 0.25) is 0 Å². The van der Waals surface area contributed by atoms with Crippen LogP contribution in [0, 0.1) is 0 Å². The number of aromatic nitrogens is 2. The van der Waals surface area contributed by atoms with Gasteiger partial charge in [-0.3, -0.25) is 9.48 Å². The quantitative estimate of drug-likeness (QED) is 0.593. The van der Waals surface area contributed by atoms with E-state index in [2.05, 4.69) is 26.3 Å². The summed E-state index contributed by atoms with van der Waals surface area (Å²) in [5.41, 5.74) is 0.792. The van der Waals surface area contributed by atoms with Crippen molar-refractivity contribution in [2.24, 2.45) is 0 Å².